The molecule has 0 fully saturated rings. The molecule has 0 radical (unpaired) electrons. The lowest BCUT2D eigenvalue weighted by Gasteiger charge is -2.21. The molecular formula is C16H19FN2O. The highest BCUT2D eigenvalue weighted by Crippen LogP contribution is 2.24. The molecule has 0 aliphatic heterocycles. The Bertz CT molecular complexity index is 586. The number of methoxy groups -OCH3 is 1. The zero-order chi connectivity index (χ0) is 14.5. The summed E-state index contributed by atoms with van der Waals surface area (Å²) in [6.45, 7) is 1.11. The molecule has 0 aliphatic rings. The summed E-state index contributed by atoms with van der Waals surface area (Å²) < 4.78 is 18.6. The molecule has 4 heteroatoms. The molecule has 106 valence electrons. The number of benzene rings is 2. The van der Waals surface area contributed by atoms with Gasteiger partial charge in [-0.15, -0.1) is 0 Å². The van der Waals surface area contributed by atoms with E-state index in [0.29, 0.717) is 13.1 Å². The van der Waals surface area contributed by atoms with Crippen molar-refractivity contribution in [3.63, 3.8) is 0 Å². The Labute approximate surface area is 118 Å². The van der Waals surface area contributed by atoms with Crippen molar-refractivity contribution in [2.75, 3.05) is 19.1 Å². The van der Waals surface area contributed by atoms with Crippen molar-refractivity contribution >= 4 is 5.69 Å². The van der Waals surface area contributed by atoms with Crippen LogP contribution in [0.3, 0.4) is 0 Å². The van der Waals surface area contributed by atoms with E-state index in [2.05, 4.69) is 0 Å². The summed E-state index contributed by atoms with van der Waals surface area (Å²) in [5.74, 6) is 0.572. The van der Waals surface area contributed by atoms with E-state index >= 15 is 0 Å². The van der Waals surface area contributed by atoms with Crippen LogP contribution in [0.2, 0.25) is 0 Å². The van der Waals surface area contributed by atoms with Crippen molar-refractivity contribution in [2.45, 2.75) is 13.1 Å². The van der Waals surface area contributed by atoms with Crippen LogP contribution in [0, 0.1) is 5.82 Å². The second kappa shape index (κ2) is 6.39. The molecule has 2 rings (SSSR count). The van der Waals surface area contributed by atoms with E-state index in [1.54, 1.807) is 13.2 Å². The fourth-order valence-electron chi connectivity index (χ4n) is 2.14. The monoisotopic (exact) mass is 274 g/mol. The first-order valence-corrected chi connectivity index (χ1v) is 6.46. The molecule has 0 bridgehead atoms. The smallest absolute Gasteiger partial charge is 0.125 e. The van der Waals surface area contributed by atoms with Crippen molar-refractivity contribution in [3.05, 3.63) is 59.4 Å². The minimum Gasteiger partial charge on any atom is -0.496 e. The molecule has 0 aromatic heterocycles. The molecule has 2 aromatic rings. The van der Waals surface area contributed by atoms with Gasteiger partial charge in [0.25, 0.3) is 0 Å². The van der Waals surface area contributed by atoms with Crippen LogP contribution in [0.25, 0.3) is 0 Å². The van der Waals surface area contributed by atoms with Gasteiger partial charge in [-0.25, -0.2) is 4.39 Å². The maximum atomic E-state index is 13.3. The Balaban J connectivity index is 2.24. The summed E-state index contributed by atoms with van der Waals surface area (Å²) in [5.41, 5.74) is 8.57. The van der Waals surface area contributed by atoms with E-state index in [0.717, 1.165) is 22.6 Å². The molecule has 0 unspecified atom stereocenters. The summed E-state index contributed by atoms with van der Waals surface area (Å²) >= 11 is 0. The highest BCUT2D eigenvalue weighted by atomic mass is 19.1. The second-order valence-electron chi connectivity index (χ2n) is 4.69. The number of rotatable bonds is 5. The van der Waals surface area contributed by atoms with Gasteiger partial charge in [-0.3, -0.25) is 0 Å². The first-order valence-electron chi connectivity index (χ1n) is 6.46. The maximum Gasteiger partial charge on any atom is 0.125 e. The van der Waals surface area contributed by atoms with Crippen LogP contribution in [-0.4, -0.2) is 14.2 Å². The van der Waals surface area contributed by atoms with Crippen molar-refractivity contribution in [1.82, 2.24) is 0 Å². The molecule has 0 atom stereocenters. The Morgan fingerprint density at radius 1 is 1.20 bits per heavy atom. The van der Waals surface area contributed by atoms with Gasteiger partial charge in [0.2, 0.25) is 0 Å². The largest absolute Gasteiger partial charge is 0.496 e. The molecule has 0 heterocycles. The van der Waals surface area contributed by atoms with Crippen LogP contribution in [0.4, 0.5) is 10.1 Å². The lowest BCUT2D eigenvalue weighted by Crippen LogP contribution is -2.17. The Kier molecular flexibility index (Phi) is 4.58. The summed E-state index contributed by atoms with van der Waals surface area (Å²) in [5, 5.41) is 0. The summed E-state index contributed by atoms with van der Waals surface area (Å²) in [4.78, 5) is 1.97. The van der Waals surface area contributed by atoms with E-state index in [-0.39, 0.29) is 5.82 Å². The van der Waals surface area contributed by atoms with E-state index in [4.69, 9.17) is 10.5 Å². The standard InChI is InChI=1S/C16H19FN2O/c1-19(15-5-3-4-14(17)9-15)11-13-8-12(10-18)6-7-16(13)20-2/h3-9H,10-11,18H2,1-2H3. The van der Waals surface area contributed by atoms with Gasteiger partial charge in [0.05, 0.1) is 7.11 Å². The molecule has 2 N–H and O–H groups in total. The molecule has 0 amide bonds. The first kappa shape index (κ1) is 14.3. The quantitative estimate of drug-likeness (QED) is 0.911. The topological polar surface area (TPSA) is 38.5 Å². The van der Waals surface area contributed by atoms with Crippen LogP contribution < -0.4 is 15.4 Å². The number of hydrogen-bond donors (Lipinski definition) is 1. The minimum atomic E-state index is -0.239. The van der Waals surface area contributed by atoms with E-state index in [1.165, 1.54) is 12.1 Å². The van der Waals surface area contributed by atoms with Gasteiger partial charge in [0, 0.05) is 31.4 Å². The molecule has 0 saturated heterocycles. The maximum absolute atomic E-state index is 13.3. The molecular weight excluding hydrogens is 255 g/mol. The van der Waals surface area contributed by atoms with Crippen LogP contribution in [0.1, 0.15) is 11.1 Å². The fraction of sp³-hybridized carbons (Fsp3) is 0.250. The number of nitrogens with two attached hydrogens (primary N) is 1. The van der Waals surface area contributed by atoms with Gasteiger partial charge in [-0.05, 0) is 35.9 Å². The third kappa shape index (κ3) is 3.27. The molecule has 0 aliphatic carbocycles. The van der Waals surface area contributed by atoms with Crippen LogP contribution in [0.15, 0.2) is 42.5 Å². The first-order chi connectivity index (χ1) is 9.63. The van der Waals surface area contributed by atoms with Gasteiger partial charge in [0.1, 0.15) is 11.6 Å². The SMILES string of the molecule is COc1ccc(CN)cc1CN(C)c1cccc(F)c1. The van der Waals surface area contributed by atoms with Crippen molar-refractivity contribution in [1.29, 1.82) is 0 Å². The zero-order valence-electron chi connectivity index (χ0n) is 11.8. The van der Waals surface area contributed by atoms with E-state index in [1.807, 2.05) is 36.2 Å². The molecule has 3 nitrogen and oxygen atoms in total. The van der Waals surface area contributed by atoms with Gasteiger partial charge in [-0.1, -0.05) is 12.1 Å². The molecule has 20 heavy (non-hydrogen) atoms. The Morgan fingerprint density at radius 3 is 2.65 bits per heavy atom. The fourth-order valence-corrected chi connectivity index (χ4v) is 2.14. The van der Waals surface area contributed by atoms with Gasteiger partial charge >= 0.3 is 0 Å². The number of halogens is 1. The van der Waals surface area contributed by atoms with Gasteiger partial charge in [0.15, 0.2) is 0 Å². The lowest BCUT2D eigenvalue weighted by atomic mass is 10.1. The predicted octanol–water partition coefficient (Wildman–Crippen LogP) is 2.93. The lowest BCUT2D eigenvalue weighted by molar-refractivity contribution is 0.409. The number of nitrogens with zero attached hydrogens (tertiary/aromatic N) is 1. The second-order valence-corrected chi connectivity index (χ2v) is 4.69. The molecule has 0 spiro atoms. The number of hydrogen-bond acceptors (Lipinski definition) is 3. The van der Waals surface area contributed by atoms with E-state index < -0.39 is 0 Å². The molecule has 0 saturated carbocycles. The summed E-state index contributed by atoms with van der Waals surface area (Å²) in [7, 11) is 3.56. The Morgan fingerprint density at radius 2 is 2.00 bits per heavy atom. The van der Waals surface area contributed by atoms with Gasteiger partial charge < -0.3 is 15.4 Å². The average molecular weight is 274 g/mol. The number of anilines is 1. The highest BCUT2D eigenvalue weighted by Gasteiger charge is 2.08. The third-order valence-corrected chi connectivity index (χ3v) is 3.24. The van der Waals surface area contributed by atoms with Crippen molar-refractivity contribution < 1.29 is 9.13 Å². The third-order valence-electron chi connectivity index (χ3n) is 3.24. The predicted molar refractivity (Wildman–Crippen MR) is 79.4 cm³/mol. The summed E-state index contributed by atoms with van der Waals surface area (Å²) in [6.07, 6.45) is 0. The Hall–Kier alpha value is -2.07. The van der Waals surface area contributed by atoms with E-state index in [9.17, 15) is 4.39 Å². The van der Waals surface area contributed by atoms with Crippen LogP contribution in [0.5, 0.6) is 5.75 Å². The normalized spacial score (nSPS) is 10.4. The van der Waals surface area contributed by atoms with Crippen LogP contribution in [-0.2, 0) is 13.1 Å². The summed E-state index contributed by atoms with van der Waals surface area (Å²) in [6, 6.07) is 12.4. The van der Waals surface area contributed by atoms with Crippen molar-refractivity contribution in [2.24, 2.45) is 5.73 Å². The highest BCUT2D eigenvalue weighted by molar-refractivity contribution is 5.48. The van der Waals surface area contributed by atoms with Gasteiger partial charge in [-0.2, -0.15) is 0 Å². The molecule has 2 aromatic carbocycles. The number of ether oxygens (including phenoxy) is 1. The van der Waals surface area contributed by atoms with Crippen molar-refractivity contribution in [3.8, 4) is 5.75 Å². The average Bonchev–Trinajstić information content (AvgIpc) is 2.47. The minimum absolute atomic E-state index is 0.239. The zero-order valence-corrected chi connectivity index (χ0v) is 11.8. The van der Waals surface area contributed by atoms with Crippen LogP contribution >= 0.6 is 0 Å².